The number of carboxylic acid groups (broad SMARTS) is 1. The van der Waals surface area contributed by atoms with Crippen LogP contribution in [0.4, 0.5) is 18.0 Å². The highest BCUT2D eigenvalue weighted by Gasteiger charge is 2.37. The molecule has 1 aliphatic rings. The van der Waals surface area contributed by atoms with E-state index in [1.165, 1.54) is 4.90 Å². The Morgan fingerprint density at radius 2 is 2.05 bits per heavy atom. The minimum Gasteiger partial charge on any atom is -0.481 e. The number of urea groups is 1. The molecule has 1 aliphatic heterocycles. The Kier molecular flexibility index (Phi) is 5.64. The molecule has 116 valence electrons. The van der Waals surface area contributed by atoms with Gasteiger partial charge in [-0.3, -0.25) is 4.79 Å². The lowest BCUT2D eigenvalue weighted by atomic mass is 10.1. The molecular formula is C12H19F3N2O3. The molecule has 1 heterocycles. The van der Waals surface area contributed by atoms with Gasteiger partial charge in [-0.05, 0) is 19.3 Å². The van der Waals surface area contributed by atoms with E-state index in [1.54, 1.807) is 6.92 Å². The Morgan fingerprint density at radius 1 is 1.40 bits per heavy atom. The van der Waals surface area contributed by atoms with Gasteiger partial charge >= 0.3 is 18.2 Å². The van der Waals surface area contributed by atoms with Crippen LogP contribution in [0.25, 0.3) is 0 Å². The summed E-state index contributed by atoms with van der Waals surface area (Å²) in [7, 11) is 0. The average molecular weight is 296 g/mol. The number of nitrogens with zero attached hydrogens (tertiary/aromatic N) is 2. The molecule has 1 atom stereocenters. The summed E-state index contributed by atoms with van der Waals surface area (Å²) in [5.41, 5.74) is 0. The number of alkyl halides is 3. The van der Waals surface area contributed by atoms with Gasteiger partial charge in [-0.1, -0.05) is 6.92 Å². The lowest BCUT2D eigenvalue weighted by molar-refractivity contribution is -0.142. The van der Waals surface area contributed by atoms with Crippen LogP contribution in [0.15, 0.2) is 0 Å². The summed E-state index contributed by atoms with van der Waals surface area (Å²) >= 11 is 0. The van der Waals surface area contributed by atoms with Crippen LogP contribution >= 0.6 is 0 Å². The molecule has 1 saturated heterocycles. The van der Waals surface area contributed by atoms with Crippen LogP contribution in [-0.2, 0) is 4.79 Å². The van der Waals surface area contributed by atoms with Crippen molar-refractivity contribution >= 4 is 12.0 Å². The number of amides is 2. The highest BCUT2D eigenvalue weighted by Crippen LogP contribution is 2.24. The fraction of sp³-hybridized carbons (Fsp3) is 0.833. The van der Waals surface area contributed by atoms with Crippen LogP contribution in [-0.4, -0.2) is 58.8 Å². The molecule has 0 aromatic heterocycles. The van der Waals surface area contributed by atoms with Crippen molar-refractivity contribution in [1.82, 2.24) is 9.80 Å². The number of aliphatic carboxylic acids is 1. The maximum absolute atomic E-state index is 12.5. The van der Waals surface area contributed by atoms with E-state index in [-0.39, 0.29) is 13.0 Å². The Morgan fingerprint density at radius 3 is 2.55 bits per heavy atom. The van der Waals surface area contributed by atoms with Crippen LogP contribution in [0.2, 0.25) is 0 Å². The van der Waals surface area contributed by atoms with Crippen molar-refractivity contribution in [2.75, 3.05) is 19.6 Å². The first-order valence-electron chi connectivity index (χ1n) is 6.58. The fourth-order valence-electron chi connectivity index (χ4n) is 2.41. The topological polar surface area (TPSA) is 60.9 Å². The predicted molar refractivity (Wildman–Crippen MR) is 65.3 cm³/mol. The third-order valence-electron chi connectivity index (χ3n) is 3.17. The van der Waals surface area contributed by atoms with E-state index in [2.05, 4.69) is 0 Å². The third-order valence-corrected chi connectivity index (χ3v) is 3.17. The molecule has 0 saturated carbocycles. The van der Waals surface area contributed by atoms with Gasteiger partial charge in [-0.25, -0.2) is 4.79 Å². The molecule has 1 N–H and O–H groups in total. The van der Waals surface area contributed by atoms with E-state index < -0.39 is 30.8 Å². The molecule has 1 rings (SSSR count). The van der Waals surface area contributed by atoms with Crippen molar-refractivity contribution in [1.29, 1.82) is 0 Å². The Labute approximate surface area is 115 Å². The molecule has 1 unspecified atom stereocenters. The Hall–Kier alpha value is -1.47. The molecular weight excluding hydrogens is 277 g/mol. The number of likely N-dealkylation sites (tertiary alicyclic amines) is 1. The van der Waals surface area contributed by atoms with Crippen LogP contribution in [0.3, 0.4) is 0 Å². The summed E-state index contributed by atoms with van der Waals surface area (Å²) in [4.78, 5) is 24.9. The normalized spacial score (nSPS) is 19.2. The summed E-state index contributed by atoms with van der Waals surface area (Å²) in [6.07, 6.45) is -3.12. The van der Waals surface area contributed by atoms with Gasteiger partial charge in [0.2, 0.25) is 0 Å². The van der Waals surface area contributed by atoms with Crippen LogP contribution in [0, 0.1) is 0 Å². The highest BCUT2D eigenvalue weighted by atomic mass is 19.4. The second-order valence-electron chi connectivity index (χ2n) is 4.91. The first kappa shape index (κ1) is 16.6. The zero-order chi connectivity index (χ0) is 15.3. The van der Waals surface area contributed by atoms with E-state index in [1.807, 2.05) is 0 Å². The van der Waals surface area contributed by atoms with Gasteiger partial charge in [0.25, 0.3) is 0 Å². The van der Waals surface area contributed by atoms with Gasteiger partial charge < -0.3 is 14.9 Å². The lowest BCUT2D eigenvalue weighted by Crippen LogP contribution is -2.49. The number of hydrogen-bond donors (Lipinski definition) is 1. The molecule has 0 aromatic rings. The SMILES string of the molecule is CCCN(CC(F)(F)F)C(=O)N1CCCC1CC(=O)O. The fourth-order valence-corrected chi connectivity index (χ4v) is 2.41. The smallest absolute Gasteiger partial charge is 0.406 e. The summed E-state index contributed by atoms with van der Waals surface area (Å²) in [6, 6.07) is -1.22. The molecule has 0 aliphatic carbocycles. The number of hydrogen-bond acceptors (Lipinski definition) is 2. The average Bonchev–Trinajstić information content (AvgIpc) is 2.73. The van der Waals surface area contributed by atoms with Crippen LogP contribution in [0.1, 0.15) is 32.6 Å². The Bertz CT molecular complexity index is 360. The Balaban J connectivity index is 2.74. The summed E-state index contributed by atoms with van der Waals surface area (Å²) < 4.78 is 37.4. The van der Waals surface area contributed by atoms with Crippen LogP contribution < -0.4 is 0 Å². The molecule has 20 heavy (non-hydrogen) atoms. The van der Waals surface area contributed by atoms with Gasteiger partial charge in [0.1, 0.15) is 6.54 Å². The number of carbonyl (C=O) groups is 2. The van der Waals surface area contributed by atoms with Crippen molar-refractivity contribution < 1.29 is 27.9 Å². The quantitative estimate of drug-likeness (QED) is 0.847. The first-order valence-corrected chi connectivity index (χ1v) is 6.58. The number of carbonyl (C=O) groups excluding carboxylic acids is 1. The molecule has 8 heteroatoms. The number of rotatable bonds is 5. The number of halogens is 3. The van der Waals surface area contributed by atoms with Crippen molar-refractivity contribution in [3.05, 3.63) is 0 Å². The van der Waals surface area contributed by atoms with E-state index in [9.17, 15) is 22.8 Å². The van der Waals surface area contributed by atoms with Crippen molar-refractivity contribution in [3.8, 4) is 0 Å². The minimum absolute atomic E-state index is 0.00857. The summed E-state index contributed by atoms with van der Waals surface area (Å²) in [5.74, 6) is -1.05. The van der Waals surface area contributed by atoms with E-state index in [0.717, 1.165) is 4.90 Å². The van der Waals surface area contributed by atoms with Gasteiger partial charge in [-0.15, -0.1) is 0 Å². The number of carboxylic acids is 1. The largest absolute Gasteiger partial charge is 0.481 e. The molecule has 0 radical (unpaired) electrons. The standard InChI is InChI=1S/C12H19F3N2O3/c1-2-5-16(8-12(13,14)15)11(20)17-6-3-4-9(17)7-10(18)19/h9H,2-8H2,1H3,(H,18,19). The highest BCUT2D eigenvalue weighted by molar-refractivity contribution is 5.76. The predicted octanol–water partition coefficient (Wildman–Crippen LogP) is 2.32. The molecule has 5 nitrogen and oxygen atoms in total. The zero-order valence-corrected chi connectivity index (χ0v) is 11.3. The van der Waals surface area contributed by atoms with Crippen molar-refractivity contribution in [2.45, 2.75) is 44.8 Å². The monoisotopic (exact) mass is 296 g/mol. The molecule has 0 spiro atoms. The van der Waals surface area contributed by atoms with Gasteiger partial charge in [0.15, 0.2) is 0 Å². The van der Waals surface area contributed by atoms with Gasteiger partial charge in [0.05, 0.1) is 6.42 Å². The molecule has 0 aromatic carbocycles. The minimum atomic E-state index is -4.45. The summed E-state index contributed by atoms with van der Waals surface area (Å²) in [6.45, 7) is 0.717. The molecule has 2 amide bonds. The van der Waals surface area contributed by atoms with E-state index >= 15 is 0 Å². The molecule has 0 bridgehead atoms. The third kappa shape index (κ3) is 4.90. The van der Waals surface area contributed by atoms with Crippen molar-refractivity contribution in [3.63, 3.8) is 0 Å². The maximum atomic E-state index is 12.5. The first-order chi connectivity index (χ1) is 9.24. The second kappa shape index (κ2) is 6.81. The molecule has 1 fully saturated rings. The van der Waals surface area contributed by atoms with Gasteiger partial charge in [0, 0.05) is 19.1 Å². The summed E-state index contributed by atoms with van der Waals surface area (Å²) in [5, 5.41) is 8.77. The van der Waals surface area contributed by atoms with Gasteiger partial charge in [-0.2, -0.15) is 13.2 Å². The zero-order valence-electron chi connectivity index (χ0n) is 11.3. The van der Waals surface area contributed by atoms with Crippen LogP contribution in [0.5, 0.6) is 0 Å². The van der Waals surface area contributed by atoms with Crippen molar-refractivity contribution in [2.24, 2.45) is 0 Å². The lowest BCUT2D eigenvalue weighted by Gasteiger charge is -2.31. The van der Waals surface area contributed by atoms with E-state index in [0.29, 0.717) is 25.8 Å². The second-order valence-corrected chi connectivity index (χ2v) is 4.91. The maximum Gasteiger partial charge on any atom is 0.406 e. The van der Waals surface area contributed by atoms with E-state index in [4.69, 9.17) is 5.11 Å².